The SMILES string of the molecule is Cc1nc2ncccn2c1CN1CCC(NC(=O)CCC(=O)Nc2ccc(Cl)cc2)CC1. The quantitative estimate of drug-likeness (QED) is 0.572. The number of likely N-dealkylation sites (tertiary alicyclic amines) is 1. The molecule has 2 amide bonds. The number of carbonyl (C=O) groups is 2. The first kappa shape index (κ1) is 22.2. The summed E-state index contributed by atoms with van der Waals surface area (Å²) in [5.74, 6) is 0.454. The third kappa shape index (κ3) is 5.63. The molecular weight excluding hydrogens is 428 g/mol. The zero-order chi connectivity index (χ0) is 22.5. The average molecular weight is 455 g/mol. The van der Waals surface area contributed by atoms with Crippen LogP contribution in [0.4, 0.5) is 5.69 Å². The van der Waals surface area contributed by atoms with Crippen LogP contribution in [0, 0.1) is 6.92 Å². The monoisotopic (exact) mass is 454 g/mol. The molecule has 1 fully saturated rings. The molecule has 1 aliphatic rings. The predicted octanol–water partition coefficient (Wildman–Crippen LogP) is 3.19. The third-order valence-corrected chi connectivity index (χ3v) is 5.99. The molecule has 2 N–H and O–H groups in total. The van der Waals surface area contributed by atoms with Crippen LogP contribution in [0.5, 0.6) is 0 Å². The highest BCUT2D eigenvalue weighted by atomic mass is 35.5. The maximum atomic E-state index is 12.3. The molecule has 0 radical (unpaired) electrons. The molecule has 168 valence electrons. The first-order chi connectivity index (χ1) is 15.5. The van der Waals surface area contributed by atoms with E-state index in [2.05, 4.69) is 25.5 Å². The number of anilines is 1. The minimum atomic E-state index is -0.185. The second-order valence-electron chi connectivity index (χ2n) is 8.11. The van der Waals surface area contributed by atoms with Crippen LogP contribution in [0.3, 0.4) is 0 Å². The summed E-state index contributed by atoms with van der Waals surface area (Å²) in [6.07, 6.45) is 5.84. The number of hydrogen-bond donors (Lipinski definition) is 2. The standard InChI is InChI=1S/C23H27ClN6O2/c1-16-20(30-12-2-11-25-23(30)26-16)15-29-13-9-19(10-14-29)28-22(32)8-7-21(31)27-18-5-3-17(24)4-6-18/h2-6,11-12,19H,7-10,13-15H2,1H3,(H,27,31)(H,28,32). The maximum absolute atomic E-state index is 12.3. The number of benzene rings is 1. The molecule has 1 aliphatic heterocycles. The van der Waals surface area contributed by atoms with Crippen molar-refractivity contribution in [2.24, 2.45) is 0 Å². The highest BCUT2D eigenvalue weighted by molar-refractivity contribution is 6.30. The Morgan fingerprint density at radius 3 is 2.59 bits per heavy atom. The lowest BCUT2D eigenvalue weighted by molar-refractivity contribution is -0.125. The molecule has 8 nitrogen and oxygen atoms in total. The lowest BCUT2D eigenvalue weighted by Crippen LogP contribution is -2.44. The van der Waals surface area contributed by atoms with Gasteiger partial charge in [0.25, 0.3) is 0 Å². The molecule has 2 aromatic heterocycles. The Labute approximate surface area is 192 Å². The fraction of sp³-hybridized carbons (Fsp3) is 0.391. The summed E-state index contributed by atoms with van der Waals surface area (Å²) in [6, 6.07) is 8.95. The third-order valence-electron chi connectivity index (χ3n) is 5.74. The van der Waals surface area contributed by atoms with Gasteiger partial charge in [-0.1, -0.05) is 11.6 Å². The van der Waals surface area contributed by atoms with Crippen LogP contribution in [0.15, 0.2) is 42.7 Å². The van der Waals surface area contributed by atoms with Crippen LogP contribution in [-0.4, -0.2) is 50.2 Å². The molecule has 9 heteroatoms. The highest BCUT2D eigenvalue weighted by Gasteiger charge is 2.22. The van der Waals surface area contributed by atoms with Gasteiger partial charge in [-0.3, -0.25) is 18.9 Å². The van der Waals surface area contributed by atoms with Crippen molar-refractivity contribution in [2.75, 3.05) is 18.4 Å². The Balaban J connectivity index is 1.19. The van der Waals surface area contributed by atoms with E-state index >= 15 is 0 Å². The number of aromatic nitrogens is 3. The van der Waals surface area contributed by atoms with Crippen molar-refractivity contribution < 1.29 is 9.59 Å². The summed E-state index contributed by atoms with van der Waals surface area (Å²) in [5, 5.41) is 6.46. The summed E-state index contributed by atoms with van der Waals surface area (Å²) in [4.78, 5) is 35.6. The van der Waals surface area contributed by atoms with E-state index in [-0.39, 0.29) is 30.7 Å². The Bertz CT molecular complexity index is 1090. The van der Waals surface area contributed by atoms with Gasteiger partial charge in [-0.2, -0.15) is 0 Å². The summed E-state index contributed by atoms with van der Waals surface area (Å²) < 4.78 is 2.04. The smallest absolute Gasteiger partial charge is 0.234 e. The van der Waals surface area contributed by atoms with Gasteiger partial charge in [-0.25, -0.2) is 9.97 Å². The first-order valence-electron chi connectivity index (χ1n) is 10.8. The lowest BCUT2D eigenvalue weighted by atomic mass is 10.0. The van der Waals surface area contributed by atoms with E-state index in [1.54, 1.807) is 30.5 Å². The second kappa shape index (κ2) is 10.1. The lowest BCUT2D eigenvalue weighted by Gasteiger charge is -2.32. The number of fused-ring (bicyclic) bond motifs is 1. The van der Waals surface area contributed by atoms with Gasteiger partial charge in [-0.15, -0.1) is 0 Å². The second-order valence-corrected chi connectivity index (χ2v) is 8.54. The number of halogens is 1. The number of carbonyl (C=O) groups excluding carboxylic acids is 2. The predicted molar refractivity (Wildman–Crippen MR) is 123 cm³/mol. The van der Waals surface area contributed by atoms with Crippen molar-refractivity contribution in [2.45, 2.75) is 45.2 Å². The number of piperidine rings is 1. The summed E-state index contributed by atoms with van der Waals surface area (Å²) in [5.41, 5.74) is 2.82. The Kier molecular flexibility index (Phi) is 7.02. The van der Waals surface area contributed by atoms with Crippen LogP contribution in [0.25, 0.3) is 5.78 Å². The minimum absolute atomic E-state index is 0.0848. The fourth-order valence-electron chi connectivity index (χ4n) is 3.97. The molecule has 4 rings (SSSR count). The molecule has 0 aliphatic carbocycles. The number of nitrogens with one attached hydrogen (secondary N) is 2. The van der Waals surface area contributed by atoms with E-state index < -0.39 is 0 Å². The Morgan fingerprint density at radius 1 is 1.12 bits per heavy atom. The van der Waals surface area contributed by atoms with Crippen molar-refractivity contribution in [3.05, 3.63) is 59.1 Å². The number of hydrogen-bond acceptors (Lipinski definition) is 5. The van der Waals surface area contributed by atoms with E-state index in [9.17, 15) is 9.59 Å². The first-order valence-corrected chi connectivity index (χ1v) is 11.2. The molecule has 3 aromatic rings. The summed E-state index contributed by atoms with van der Waals surface area (Å²) in [6.45, 7) is 4.62. The molecule has 1 aromatic carbocycles. The molecule has 0 bridgehead atoms. The molecule has 0 spiro atoms. The normalized spacial score (nSPS) is 15.1. The van der Waals surface area contributed by atoms with Gasteiger partial charge in [-0.05, 0) is 50.1 Å². The van der Waals surface area contributed by atoms with Crippen molar-refractivity contribution in [3.63, 3.8) is 0 Å². The van der Waals surface area contributed by atoms with Gasteiger partial charge >= 0.3 is 0 Å². The molecule has 0 saturated carbocycles. The number of rotatable bonds is 7. The fourth-order valence-corrected chi connectivity index (χ4v) is 4.09. The Morgan fingerprint density at radius 2 is 1.84 bits per heavy atom. The molecule has 0 atom stereocenters. The van der Waals surface area contributed by atoms with E-state index in [4.69, 9.17) is 11.6 Å². The molecular formula is C23H27ClN6O2. The van der Waals surface area contributed by atoms with Crippen LogP contribution in [0.1, 0.15) is 37.1 Å². The van der Waals surface area contributed by atoms with E-state index in [1.165, 1.54) is 0 Å². The van der Waals surface area contributed by atoms with Gasteiger partial charge in [0.05, 0.1) is 11.4 Å². The maximum Gasteiger partial charge on any atom is 0.234 e. The minimum Gasteiger partial charge on any atom is -0.353 e. The van der Waals surface area contributed by atoms with E-state index in [1.807, 2.05) is 23.6 Å². The van der Waals surface area contributed by atoms with E-state index in [0.29, 0.717) is 10.7 Å². The molecule has 0 unspecified atom stereocenters. The Hall–Kier alpha value is -2.97. The van der Waals surface area contributed by atoms with Crippen molar-refractivity contribution in [1.29, 1.82) is 0 Å². The van der Waals surface area contributed by atoms with Crippen molar-refractivity contribution >= 4 is 34.9 Å². The van der Waals surface area contributed by atoms with Crippen LogP contribution in [0.2, 0.25) is 5.02 Å². The topological polar surface area (TPSA) is 91.6 Å². The van der Waals surface area contributed by atoms with Gasteiger partial charge in [0.15, 0.2) is 0 Å². The molecule has 1 saturated heterocycles. The zero-order valence-corrected chi connectivity index (χ0v) is 18.8. The van der Waals surface area contributed by atoms with Crippen LogP contribution < -0.4 is 10.6 Å². The zero-order valence-electron chi connectivity index (χ0n) is 18.1. The van der Waals surface area contributed by atoms with Gasteiger partial charge < -0.3 is 10.6 Å². The number of amides is 2. The summed E-state index contributed by atoms with van der Waals surface area (Å²) >= 11 is 5.84. The van der Waals surface area contributed by atoms with Crippen LogP contribution in [-0.2, 0) is 16.1 Å². The van der Waals surface area contributed by atoms with Crippen molar-refractivity contribution in [1.82, 2.24) is 24.6 Å². The highest BCUT2D eigenvalue weighted by Crippen LogP contribution is 2.18. The summed E-state index contributed by atoms with van der Waals surface area (Å²) in [7, 11) is 0. The van der Waals surface area contributed by atoms with Gasteiger partial charge in [0.1, 0.15) is 0 Å². The van der Waals surface area contributed by atoms with Crippen LogP contribution >= 0.6 is 11.6 Å². The van der Waals surface area contributed by atoms with Gasteiger partial charge in [0, 0.05) is 61.6 Å². The molecule has 3 heterocycles. The average Bonchev–Trinajstić information content (AvgIpc) is 3.10. The number of aryl methyl sites for hydroxylation is 1. The van der Waals surface area contributed by atoms with Gasteiger partial charge in [0.2, 0.25) is 17.6 Å². The van der Waals surface area contributed by atoms with E-state index in [0.717, 1.165) is 49.6 Å². The molecule has 32 heavy (non-hydrogen) atoms. The largest absolute Gasteiger partial charge is 0.353 e. The number of nitrogens with zero attached hydrogens (tertiary/aromatic N) is 4. The number of imidazole rings is 1. The van der Waals surface area contributed by atoms with Crippen molar-refractivity contribution in [3.8, 4) is 0 Å².